The van der Waals surface area contributed by atoms with Crippen LogP contribution in [-0.2, 0) is 17.3 Å². The van der Waals surface area contributed by atoms with Gasteiger partial charge in [0.15, 0.2) is 0 Å². The number of nitrogens with zero attached hydrogens (tertiary/aromatic N) is 2. The van der Waals surface area contributed by atoms with E-state index in [1.54, 1.807) is 42.5 Å². The summed E-state index contributed by atoms with van der Waals surface area (Å²) in [7, 11) is -1.45. The predicted octanol–water partition coefficient (Wildman–Crippen LogP) is 0.625. The quantitative estimate of drug-likeness (QED) is 0.585. The first-order valence-corrected chi connectivity index (χ1v) is 8.20. The molecule has 1 unspecified atom stereocenters. The molecular formula is C16H12N2O4S. The van der Waals surface area contributed by atoms with E-state index in [4.69, 9.17) is 5.11 Å². The van der Waals surface area contributed by atoms with Gasteiger partial charge in [-0.1, -0.05) is 18.2 Å². The molecule has 0 radical (unpaired) electrons. The third kappa shape index (κ3) is 1.80. The first-order chi connectivity index (χ1) is 11.1. The van der Waals surface area contributed by atoms with E-state index in [9.17, 15) is 13.8 Å². The van der Waals surface area contributed by atoms with Crippen molar-refractivity contribution in [3.63, 3.8) is 0 Å². The van der Waals surface area contributed by atoms with Gasteiger partial charge in [0.25, 0.3) is 5.56 Å². The zero-order valence-electron chi connectivity index (χ0n) is 11.9. The van der Waals surface area contributed by atoms with Crippen LogP contribution in [0.5, 0.6) is 0 Å². The molecule has 0 amide bonds. The minimum absolute atomic E-state index is 0.0803. The zero-order chi connectivity index (χ0) is 16.1. The highest BCUT2D eigenvalue weighted by atomic mass is 32.2. The van der Waals surface area contributed by atoms with Crippen molar-refractivity contribution in [2.24, 2.45) is 0 Å². The van der Waals surface area contributed by atoms with E-state index in [1.165, 1.54) is 4.57 Å². The number of hydrogen-bond donors (Lipinski definition) is 1. The van der Waals surface area contributed by atoms with Gasteiger partial charge in [0, 0.05) is 0 Å². The second-order valence-electron chi connectivity index (χ2n) is 5.19. The number of benzene rings is 2. The van der Waals surface area contributed by atoms with Gasteiger partial charge in [-0.05, 0) is 24.3 Å². The number of aliphatic hydroxyl groups is 1. The molecule has 7 heteroatoms. The van der Waals surface area contributed by atoms with Crippen molar-refractivity contribution in [1.82, 2.24) is 9.13 Å². The molecule has 0 saturated heterocycles. The summed E-state index contributed by atoms with van der Waals surface area (Å²) in [5.74, 6) is 0. The summed E-state index contributed by atoms with van der Waals surface area (Å²) in [5, 5.41) is 9.47. The highest BCUT2D eigenvalue weighted by Gasteiger charge is 2.27. The van der Waals surface area contributed by atoms with Gasteiger partial charge >= 0.3 is 5.69 Å². The van der Waals surface area contributed by atoms with Gasteiger partial charge in [0.1, 0.15) is 0 Å². The molecule has 2 aromatic carbocycles. The number of aliphatic hydroxyl groups excluding tert-OH is 1. The molecule has 1 aliphatic heterocycles. The molecule has 1 aromatic heterocycles. The van der Waals surface area contributed by atoms with E-state index in [0.717, 1.165) is 4.57 Å². The lowest BCUT2D eigenvalue weighted by atomic mass is 10.2. The summed E-state index contributed by atoms with van der Waals surface area (Å²) in [4.78, 5) is 26.3. The number of hydrogen-bond acceptors (Lipinski definition) is 4. The Labute approximate surface area is 132 Å². The van der Waals surface area contributed by atoms with E-state index in [-0.39, 0.29) is 13.2 Å². The summed E-state index contributed by atoms with van der Waals surface area (Å²) in [6.07, 6.45) is 0. The van der Waals surface area contributed by atoms with Crippen molar-refractivity contribution in [2.75, 3.05) is 6.61 Å². The van der Waals surface area contributed by atoms with E-state index in [1.807, 2.05) is 0 Å². The van der Waals surface area contributed by atoms with Gasteiger partial charge in [-0.2, -0.15) is 0 Å². The van der Waals surface area contributed by atoms with Crippen molar-refractivity contribution in [1.29, 1.82) is 0 Å². The Balaban J connectivity index is 2.31. The molecule has 1 atom stereocenters. The van der Waals surface area contributed by atoms with Crippen LogP contribution >= 0.6 is 0 Å². The van der Waals surface area contributed by atoms with Gasteiger partial charge < -0.3 is 5.11 Å². The predicted molar refractivity (Wildman–Crippen MR) is 85.6 cm³/mol. The first-order valence-electron chi connectivity index (χ1n) is 7.06. The van der Waals surface area contributed by atoms with Crippen molar-refractivity contribution in [3.8, 4) is 5.69 Å². The Kier molecular flexibility index (Phi) is 3.07. The van der Waals surface area contributed by atoms with Crippen LogP contribution in [0, 0.1) is 0 Å². The molecule has 23 heavy (non-hydrogen) atoms. The summed E-state index contributed by atoms with van der Waals surface area (Å²) in [6.45, 7) is -0.392. The lowest BCUT2D eigenvalue weighted by molar-refractivity contribution is 0.271. The van der Waals surface area contributed by atoms with Gasteiger partial charge in [-0.25, -0.2) is 9.00 Å². The maximum absolute atomic E-state index is 12.8. The van der Waals surface area contributed by atoms with Crippen LogP contribution in [0.2, 0.25) is 0 Å². The second-order valence-corrected chi connectivity index (χ2v) is 6.60. The molecule has 3 aromatic rings. The van der Waals surface area contributed by atoms with Gasteiger partial charge in [0.05, 0.1) is 50.3 Å². The molecular weight excluding hydrogens is 316 g/mol. The van der Waals surface area contributed by atoms with Crippen LogP contribution in [0.4, 0.5) is 0 Å². The van der Waals surface area contributed by atoms with Crippen LogP contribution in [0.3, 0.4) is 0 Å². The Morgan fingerprint density at radius 2 is 1.74 bits per heavy atom. The maximum Gasteiger partial charge on any atom is 0.336 e. The summed E-state index contributed by atoms with van der Waals surface area (Å²) in [6, 6.07) is 11.9. The fourth-order valence-corrected chi connectivity index (χ4v) is 4.33. The topological polar surface area (TPSA) is 81.3 Å². The lowest BCUT2D eigenvalue weighted by Crippen LogP contribution is -2.41. The smallest absolute Gasteiger partial charge is 0.336 e. The van der Waals surface area contributed by atoms with Crippen molar-refractivity contribution in [2.45, 2.75) is 16.3 Å². The Morgan fingerprint density at radius 1 is 1.00 bits per heavy atom. The van der Waals surface area contributed by atoms with Crippen molar-refractivity contribution < 1.29 is 9.32 Å². The molecule has 6 nitrogen and oxygen atoms in total. The average Bonchev–Trinajstić information content (AvgIpc) is 2.58. The Bertz CT molecular complexity index is 1100. The first kappa shape index (κ1) is 14.1. The normalized spacial score (nSPS) is 15.6. The Morgan fingerprint density at radius 3 is 2.52 bits per heavy atom. The van der Waals surface area contributed by atoms with Gasteiger partial charge in [0.2, 0.25) is 0 Å². The van der Waals surface area contributed by atoms with E-state index < -0.39 is 22.0 Å². The molecule has 0 aliphatic carbocycles. The fraction of sp³-hybridized carbons (Fsp3) is 0.125. The van der Waals surface area contributed by atoms with Crippen LogP contribution in [0.15, 0.2) is 61.8 Å². The van der Waals surface area contributed by atoms with Gasteiger partial charge in [-0.3, -0.25) is 13.9 Å². The standard InChI is InChI=1S/C16H12N2O4S/c19-9-8-17-15(20)10-4-3-7-13-14(10)18(16(17)21)11-5-1-2-6-12(11)23(13)22/h1-7,19H,8-9H2. The monoisotopic (exact) mass is 328 g/mol. The average molecular weight is 328 g/mol. The van der Waals surface area contributed by atoms with E-state index in [2.05, 4.69) is 0 Å². The SMILES string of the molecule is O=c1c2cccc3c2n(c(=O)n1CCO)-c1ccccc1S3=O. The third-order valence-corrected chi connectivity index (χ3v) is 5.42. The summed E-state index contributed by atoms with van der Waals surface area (Å²) in [5.41, 5.74) is -0.123. The van der Waals surface area contributed by atoms with Gasteiger partial charge in [-0.15, -0.1) is 0 Å². The molecule has 0 spiro atoms. The molecule has 2 heterocycles. The summed E-state index contributed by atoms with van der Waals surface area (Å²) < 4.78 is 15.2. The van der Waals surface area contributed by atoms with Crippen molar-refractivity contribution >= 4 is 21.7 Å². The second kappa shape index (κ2) is 5.00. The zero-order valence-corrected chi connectivity index (χ0v) is 12.7. The van der Waals surface area contributed by atoms with Crippen LogP contribution in [-0.4, -0.2) is 25.1 Å². The molecule has 0 fully saturated rings. The number of para-hydroxylation sites is 2. The van der Waals surface area contributed by atoms with Crippen LogP contribution in [0.1, 0.15) is 0 Å². The number of rotatable bonds is 2. The molecule has 0 bridgehead atoms. The van der Waals surface area contributed by atoms with E-state index >= 15 is 0 Å². The fourth-order valence-electron chi connectivity index (χ4n) is 2.96. The minimum Gasteiger partial charge on any atom is -0.395 e. The maximum atomic E-state index is 12.8. The van der Waals surface area contributed by atoms with Crippen molar-refractivity contribution in [3.05, 3.63) is 63.3 Å². The lowest BCUT2D eigenvalue weighted by Gasteiger charge is -2.22. The third-order valence-electron chi connectivity index (χ3n) is 3.95. The highest BCUT2D eigenvalue weighted by molar-refractivity contribution is 7.85. The Hall–Kier alpha value is -2.51. The molecule has 116 valence electrons. The molecule has 0 saturated carbocycles. The number of fused-ring (bicyclic) bond motifs is 2. The highest BCUT2D eigenvalue weighted by Crippen LogP contribution is 2.32. The molecule has 1 N–H and O–H groups in total. The minimum atomic E-state index is -1.45. The van der Waals surface area contributed by atoms with Crippen LogP contribution in [0.25, 0.3) is 16.6 Å². The summed E-state index contributed by atoms with van der Waals surface area (Å²) >= 11 is 0. The largest absolute Gasteiger partial charge is 0.395 e. The van der Waals surface area contributed by atoms with E-state index in [0.29, 0.717) is 26.4 Å². The molecule has 4 rings (SSSR count). The number of aromatic nitrogens is 2. The van der Waals surface area contributed by atoms with Crippen LogP contribution < -0.4 is 11.2 Å². The molecule has 1 aliphatic rings.